The molecule has 70 valence electrons. The summed E-state index contributed by atoms with van der Waals surface area (Å²) >= 11 is 0. The SMILES string of the molecule is CCCCc1ccccc1N=NC. The minimum absolute atomic E-state index is 1.01. The topological polar surface area (TPSA) is 24.7 Å². The molecule has 0 saturated carbocycles. The molecule has 0 atom stereocenters. The van der Waals surface area contributed by atoms with Gasteiger partial charge in [-0.1, -0.05) is 31.5 Å². The van der Waals surface area contributed by atoms with Crippen LogP contribution in [0.2, 0.25) is 0 Å². The van der Waals surface area contributed by atoms with Crippen LogP contribution in [0.5, 0.6) is 0 Å². The molecule has 1 aromatic carbocycles. The van der Waals surface area contributed by atoms with Crippen molar-refractivity contribution in [2.75, 3.05) is 7.05 Å². The number of nitrogens with zero attached hydrogens (tertiary/aromatic N) is 2. The van der Waals surface area contributed by atoms with Crippen molar-refractivity contribution in [2.24, 2.45) is 10.2 Å². The average molecular weight is 176 g/mol. The molecule has 0 heterocycles. The van der Waals surface area contributed by atoms with Crippen molar-refractivity contribution in [3.63, 3.8) is 0 Å². The van der Waals surface area contributed by atoms with Gasteiger partial charge in [0.15, 0.2) is 0 Å². The minimum atomic E-state index is 1.01. The summed E-state index contributed by atoms with van der Waals surface area (Å²) in [5, 5.41) is 7.88. The van der Waals surface area contributed by atoms with Crippen LogP contribution >= 0.6 is 0 Å². The van der Waals surface area contributed by atoms with Gasteiger partial charge in [0.25, 0.3) is 0 Å². The molecule has 0 aliphatic carbocycles. The van der Waals surface area contributed by atoms with Crippen molar-refractivity contribution < 1.29 is 0 Å². The van der Waals surface area contributed by atoms with Crippen LogP contribution in [0, 0.1) is 0 Å². The standard InChI is InChI=1S/C11H16N2/c1-3-4-7-10-8-5-6-9-11(10)13-12-2/h5-6,8-9H,3-4,7H2,1-2H3. The van der Waals surface area contributed by atoms with Crippen molar-refractivity contribution in [1.29, 1.82) is 0 Å². The first-order chi connectivity index (χ1) is 6.38. The maximum atomic E-state index is 4.08. The molecule has 2 heteroatoms. The summed E-state index contributed by atoms with van der Waals surface area (Å²) in [6, 6.07) is 8.19. The number of hydrogen-bond acceptors (Lipinski definition) is 2. The maximum Gasteiger partial charge on any atom is 0.0884 e. The van der Waals surface area contributed by atoms with Gasteiger partial charge >= 0.3 is 0 Å². The lowest BCUT2D eigenvalue weighted by Crippen LogP contribution is -1.84. The first-order valence-electron chi connectivity index (χ1n) is 4.76. The van der Waals surface area contributed by atoms with Gasteiger partial charge in [-0.05, 0) is 24.5 Å². The third kappa shape index (κ3) is 2.98. The molecule has 0 N–H and O–H groups in total. The second-order valence-electron chi connectivity index (χ2n) is 3.03. The number of unbranched alkanes of at least 4 members (excludes halogenated alkanes) is 1. The quantitative estimate of drug-likeness (QED) is 0.624. The fourth-order valence-corrected chi connectivity index (χ4v) is 1.29. The molecule has 0 aliphatic rings. The molecule has 0 bridgehead atoms. The molecule has 0 fully saturated rings. The van der Waals surface area contributed by atoms with Gasteiger partial charge in [-0.2, -0.15) is 10.2 Å². The highest BCUT2D eigenvalue weighted by atomic mass is 15.1. The van der Waals surface area contributed by atoms with E-state index in [-0.39, 0.29) is 0 Å². The van der Waals surface area contributed by atoms with Gasteiger partial charge in [0.05, 0.1) is 5.69 Å². The summed E-state index contributed by atoms with van der Waals surface area (Å²) in [7, 11) is 1.70. The molecule has 0 amide bonds. The molecule has 1 rings (SSSR count). The number of benzene rings is 1. The Hall–Kier alpha value is -1.18. The van der Waals surface area contributed by atoms with E-state index in [1.54, 1.807) is 7.05 Å². The van der Waals surface area contributed by atoms with Gasteiger partial charge in [0.1, 0.15) is 0 Å². The molecular formula is C11H16N2. The van der Waals surface area contributed by atoms with Gasteiger partial charge in [0.2, 0.25) is 0 Å². The van der Waals surface area contributed by atoms with Crippen LogP contribution in [0.15, 0.2) is 34.5 Å². The van der Waals surface area contributed by atoms with Crippen LogP contribution in [-0.2, 0) is 6.42 Å². The summed E-state index contributed by atoms with van der Waals surface area (Å²) in [6.45, 7) is 2.20. The fourth-order valence-electron chi connectivity index (χ4n) is 1.29. The zero-order chi connectivity index (χ0) is 9.52. The van der Waals surface area contributed by atoms with Crippen LogP contribution in [0.25, 0.3) is 0 Å². The molecule has 1 aromatic rings. The third-order valence-electron chi connectivity index (χ3n) is 2.00. The summed E-state index contributed by atoms with van der Waals surface area (Å²) < 4.78 is 0. The second-order valence-corrected chi connectivity index (χ2v) is 3.03. The first kappa shape index (κ1) is 9.90. The van der Waals surface area contributed by atoms with E-state index in [2.05, 4.69) is 29.3 Å². The molecule has 0 saturated heterocycles. The molecule has 0 unspecified atom stereocenters. The lowest BCUT2D eigenvalue weighted by Gasteiger charge is -2.02. The lowest BCUT2D eigenvalue weighted by atomic mass is 10.1. The third-order valence-corrected chi connectivity index (χ3v) is 2.00. The average Bonchev–Trinajstić information content (AvgIpc) is 2.17. The summed E-state index contributed by atoms with van der Waals surface area (Å²) in [4.78, 5) is 0. The smallest absolute Gasteiger partial charge is 0.0884 e. The summed E-state index contributed by atoms with van der Waals surface area (Å²) in [6.07, 6.45) is 3.54. The zero-order valence-corrected chi connectivity index (χ0v) is 8.33. The summed E-state index contributed by atoms with van der Waals surface area (Å²) in [5.74, 6) is 0. The Labute approximate surface area is 79.7 Å². The van der Waals surface area contributed by atoms with Gasteiger partial charge in [-0.15, -0.1) is 0 Å². The Kier molecular flexibility index (Phi) is 4.16. The molecule has 2 nitrogen and oxygen atoms in total. The number of hydrogen-bond donors (Lipinski definition) is 0. The second kappa shape index (κ2) is 5.46. The lowest BCUT2D eigenvalue weighted by molar-refractivity contribution is 0.794. The Morgan fingerprint density at radius 3 is 2.69 bits per heavy atom. The molecule has 0 aliphatic heterocycles. The summed E-state index contributed by atoms with van der Waals surface area (Å²) in [5.41, 5.74) is 2.31. The Bertz CT molecular complexity index is 279. The van der Waals surface area contributed by atoms with Crippen LogP contribution in [0.4, 0.5) is 5.69 Å². The van der Waals surface area contributed by atoms with E-state index in [9.17, 15) is 0 Å². The van der Waals surface area contributed by atoms with Gasteiger partial charge in [0, 0.05) is 7.05 Å². The van der Waals surface area contributed by atoms with E-state index in [1.807, 2.05) is 12.1 Å². The van der Waals surface area contributed by atoms with Crippen molar-refractivity contribution in [3.8, 4) is 0 Å². The van der Waals surface area contributed by atoms with E-state index in [0.29, 0.717) is 0 Å². The Morgan fingerprint density at radius 2 is 2.00 bits per heavy atom. The van der Waals surface area contributed by atoms with Crippen LogP contribution in [0.1, 0.15) is 25.3 Å². The van der Waals surface area contributed by atoms with Gasteiger partial charge in [-0.3, -0.25) is 0 Å². The minimum Gasteiger partial charge on any atom is -0.192 e. The Morgan fingerprint density at radius 1 is 1.23 bits per heavy atom. The molecular weight excluding hydrogens is 160 g/mol. The largest absolute Gasteiger partial charge is 0.192 e. The van der Waals surface area contributed by atoms with Crippen molar-refractivity contribution in [1.82, 2.24) is 0 Å². The molecule has 0 aromatic heterocycles. The normalized spacial score (nSPS) is 10.9. The van der Waals surface area contributed by atoms with E-state index in [0.717, 1.165) is 12.1 Å². The van der Waals surface area contributed by atoms with Crippen molar-refractivity contribution in [3.05, 3.63) is 29.8 Å². The van der Waals surface area contributed by atoms with Gasteiger partial charge < -0.3 is 0 Å². The monoisotopic (exact) mass is 176 g/mol. The first-order valence-corrected chi connectivity index (χ1v) is 4.76. The van der Waals surface area contributed by atoms with E-state index < -0.39 is 0 Å². The number of rotatable bonds is 4. The highest BCUT2D eigenvalue weighted by molar-refractivity contribution is 5.45. The van der Waals surface area contributed by atoms with E-state index in [4.69, 9.17) is 0 Å². The fraction of sp³-hybridized carbons (Fsp3) is 0.455. The van der Waals surface area contributed by atoms with Crippen molar-refractivity contribution in [2.45, 2.75) is 26.2 Å². The van der Waals surface area contributed by atoms with Crippen molar-refractivity contribution >= 4 is 5.69 Å². The van der Waals surface area contributed by atoms with E-state index >= 15 is 0 Å². The highest BCUT2D eigenvalue weighted by Gasteiger charge is 1.98. The maximum absolute atomic E-state index is 4.08. The van der Waals surface area contributed by atoms with Crippen LogP contribution in [0.3, 0.4) is 0 Å². The van der Waals surface area contributed by atoms with Crippen LogP contribution < -0.4 is 0 Å². The Balaban J connectivity index is 2.78. The van der Waals surface area contributed by atoms with Crippen LogP contribution in [-0.4, -0.2) is 7.05 Å². The molecule has 0 radical (unpaired) electrons. The number of aryl methyl sites for hydroxylation is 1. The number of azo groups is 1. The van der Waals surface area contributed by atoms with E-state index in [1.165, 1.54) is 18.4 Å². The molecule has 13 heavy (non-hydrogen) atoms. The highest BCUT2D eigenvalue weighted by Crippen LogP contribution is 2.20. The predicted molar refractivity (Wildman–Crippen MR) is 55.5 cm³/mol. The zero-order valence-electron chi connectivity index (χ0n) is 8.33. The van der Waals surface area contributed by atoms with Gasteiger partial charge in [-0.25, -0.2) is 0 Å². The predicted octanol–water partition coefficient (Wildman–Crippen LogP) is 3.74. The molecule has 0 spiro atoms.